The van der Waals surface area contributed by atoms with Crippen LogP contribution < -0.4 is 5.32 Å². The van der Waals surface area contributed by atoms with E-state index in [2.05, 4.69) is 51.8 Å². The van der Waals surface area contributed by atoms with Crippen LogP contribution in [0.4, 0.5) is 0 Å². The van der Waals surface area contributed by atoms with Crippen molar-refractivity contribution >= 4 is 0 Å². The average molecular weight is 258 g/mol. The van der Waals surface area contributed by atoms with Gasteiger partial charge in [-0.05, 0) is 46.2 Å². The van der Waals surface area contributed by atoms with Crippen LogP contribution in [0.25, 0.3) is 0 Å². The van der Waals surface area contributed by atoms with Gasteiger partial charge in [0.2, 0.25) is 0 Å². The molecule has 18 heavy (non-hydrogen) atoms. The Labute approximate surface area is 114 Å². The third-order valence-electron chi connectivity index (χ3n) is 3.78. The summed E-state index contributed by atoms with van der Waals surface area (Å²) in [7, 11) is 0. The van der Waals surface area contributed by atoms with E-state index >= 15 is 0 Å². The van der Waals surface area contributed by atoms with Crippen LogP contribution in [0.3, 0.4) is 0 Å². The lowest BCUT2D eigenvalue weighted by atomic mass is 9.95. The Morgan fingerprint density at radius 1 is 1.22 bits per heavy atom. The van der Waals surface area contributed by atoms with E-state index in [4.69, 9.17) is 0 Å². The summed E-state index contributed by atoms with van der Waals surface area (Å²) in [6.45, 7) is 15.6. The lowest BCUT2D eigenvalue weighted by Crippen LogP contribution is -2.49. The molecule has 0 aliphatic rings. The largest absolute Gasteiger partial charge is 0.394 e. The summed E-state index contributed by atoms with van der Waals surface area (Å²) >= 11 is 0. The maximum atomic E-state index is 9.54. The predicted molar refractivity (Wildman–Crippen MR) is 80.0 cm³/mol. The number of rotatable bonds is 10. The molecule has 0 saturated carbocycles. The molecule has 0 bridgehead atoms. The van der Waals surface area contributed by atoms with Crippen LogP contribution in [-0.2, 0) is 0 Å². The molecule has 0 heterocycles. The molecule has 3 nitrogen and oxygen atoms in total. The predicted octanol–water partition coefficient (Wildman–Crippen LogP) is 2.64. The highest BCUT2D eigenvalue weighted by Crippen LogP contribution is 2.14. The fourth-order valence-electron chi connectivity index (χ4n) is 2.51. The lowest BCUT2D eigenvalue weighted by Gasteiger charge is -2.33. The minimum atomic E-state index is -0.136. The van der Waals surface area contributed by atoms with Crippen molar-refractivity contribution in [3.8, 4) is 0 Å². The van der Waals surface area contributed by atoms with Gasteiger partial charge in [0.1, 0.15) is 0 Å². The van der Waals surface area contributed by atoms with E-state index in [1.165, 1.54) is 6.42 Å². The molecule has 3 heteroatoms. The Morgan fingerprint density at radius 3 is 2.22 bits per heavy atom. The molecule has 0 aliphatic heterocycles. The lowest BCUT2D eigenvalue weighted by molar-refractivity contribution is 0.142. The standard InChI is InChI=1S/C15H34N2O/c1-7-14(5)17(8-2)11-9-10-15(6,12-18)16-13(3)4/h13-14,16,18H,7-12H2,1-6H3. The summed E-state index contributed by atoms with van der Waals surface area (Å²) in [5, 5.41) is 13.0. The fraction of sp³-hybridized carbons (Fsp3) is 1.00. The highest BCUT2D eigenvalue weighted by molar-refractivity contribution is 4.84. The van der Waals surface area contributed by atoms with E-state index in [-0.39, 0.29) is 12.1 Å². The Morgan fingerprint density at radius 2 is 1.83 bits per heavy atom. The summed E-state index contributed by atoms with van der Waals surface area (Å²) in [6.07, 6.45) is 3.36. The van der Waals surface area contributed by atoms with Crippen LogP contribution in [0.1, 0.15) is 60.8 Å². The first-order valence-corrected chi connectivity index (χ1v) is 7.51. The van der Waals surface area contributed by atoms with Gasteiger partial charge in [-0.1, -0.05) is 27.7 Å². The summed E-state index contributed by atoms with van der Waals surface area (Å²) in [4.78, 5) is 2.52. The van der Waals surface area contributed by atoms with Gasteiger partial charge in [0.25, 0.3) is 0 Å². The van der Waals surface area contributed by atoms with Gasteiger partial charge in [0.05, 0.1) is 6.61 Å². The zero-order chi connectivity index (χ0) is 14.2. The Balaban J connectivity index is 4.13. The third kappa shape index (κ3) is 6.72. The molecule has 2 unspecified atom stereocenters. The first-order chi connectivity index (χ1) is 8.38. The highest BCUT2D eigenvalue weighted by atomic mass is 16.3. The van der Waals surface area contributed by atoms with Crippen LogP contribution in [0.5, 0.6) is 0 Å². The molecule has 0 aromatic rings. The molecular weight excluding hydrogens is 224 g/mol. The van der Waals surface area contributed by atoms with Gasteiger partial charge in [-0.25, -0.2) is 0 Å². The van der Waals surface area contributed by atoms with Crippen molar-refractivity contribution in [2.75, 3.05) is 19.7 Å². The van der Waals surface area contributed by atoms with Crippen molar-refractivity contribution in [2.45, 2.75) is 78.4 Å². The molecule has 0 fully saturated rings. The number of nitrogens with zero attached hydrogens (tertiary/aromatic N) is 1. The number of hydrogen-bond acceptors (Lipinski definition) is 3. The van der Waals surface area contributed by atoms with Gasteiger partial charge in [0, 0.05) is 17.6 Å². The summed E-state index contributed by atoms with van der Waals surface area (Å²) in [5.41, 5.74) is -0.136. The summed E-state index contributed by atoms with van der Waals surface area (Å²) in [5.74, 6) is 0. The first kappa shape index (κ1) is 17.9. The molecule has 0 aromatic heterocycles. The van der Waals surface area contributed by atoms with Gasteiger partial charge in [-0.2, -0.15) is 0 Å². The van der Waals surface area contributed by atoms with Crippen molar-refractivity contribution < 1.29 is 5.11 Å². The molecule has 2 atom stereocenters. The molecule has 0 radical (unpaired) electrons. The van der Waals surface area contributed by atoms with Gasteiger partial charge < -0.3 is 15.3 Å². The molecular formula is C15H34N2O. The van der Waals surface area contributed by atoms with Crippen LogP contribution >= 0.6 is 0 Å². The molecule has 0 amide bonds. The normalized spacial score (nSPS) is 17.2. The molecule has 0 spiro atoms. The number of aliphatic hydroxyl groups is 1. The first-order valence-electron chi connectivity index (χ1n) is 7.51. The monoisotopic (exact) mass is 258 g/mol. The fourth-order valence-corrected chi connectivity index (χ4v) is 2.51. The van der Waals surface area contributed by atoms with Crippen LogP contribution in [0.2, 0.25) is 0 Å². The van der Waals surface area contributed by atoms with Gasteiger partial charge in [0.15, 0.2) is 0 Å². The Kier molecular flexibility index (Phi) is 8.83. The second-order valence-corrected chi connectivity index (χ2v) is 6.01. The molecule has 0 saturated heterocycles. The molecule has 0 aliphatic carbocycles. The molecule has 110 valence electrons. The number of nitrogens with one attached hydrogen (secondary N) is 1. The molecule has 2 N–H and O–H groups in total. The van der Waals surface area contributed by atoms with Gasteiger partial charge in [-0.15, -0.1) is 0 Å². The topological polar surface area (TPSA) is 35.5 Å². The molecule has 0 aromatic carbocycles. The quantitative estimate of drug-likeness (QED) is 0.632. The van der Waals surface area contributed by atoms with E-state index in [0.717, 1.165) is 25.9 Å². The third-order valence-corrected chi connectivity index (χ3v) is 3.78. The molecule has 0 rings (SSSR count). The summed E-state index contributed by atoms with van der Waals surface area (Å²) in [6, 6.07) is 1.08. The van der Waals surface area contributed by atoms with Crippen molar-refractivity contribution in [2.24, 2.45) is 0 Å². The highest BCUT2D eigenvalue weighted by Gasteiger charge is 2.23. The summed E-state index contributed by atoms with van der Waals surface area (Å²) < 4.78 is 0. The zero-order valence-electron chi connectivity index (χ0n) is 13.3. The minimum Gasteiger partial charge on any atom is -0.394 e. The number of hydrogen-bond donors (Lipinski definition) is 2. The minimum absolute atomic E-state index is 0.136. The zero-order valence-corrected chi connectivity index (χ0v) is 13.3. The van der Waals surface area contributed by atoms with Crippen LogP contribution in [0.15, 0.2) is 0 Å². The van der Waals surface area contributed by atoms with Gasteiger partial charge >= 0.3 is 0 Å². The van der Waals surface area contributed by atoms with Crippen LogP contribution in [-0.4, -0.2) is 47.3 Å². The van der Waals surface area contributed by atoms with Crippen molar-refractivity contribution in [1.29, 1.82) is 0 Å². The van der Waals surface area contributed by atoms with E-state index < -0.39 is 0 Å². The second kappa shape index (κ2) is 8.89. The van der Waals surface area contributed by atoms with E-state index in [1.54, 1.807) is 0 Å². The maximum absolute atomic E-state index is 9.54. The van der Waals surface area contributed by atoms with Crippen LogP contribution in [0, 0.1) is 0 Å². The van der Waals surface area contributed by atoms with E-state index in [1.807, 2.05) is 0 Å². The van der Waals surface area contributed by atoms with E-state index in [0.29, 0.717) is 12.1 Å². The average Bonchev–Trinajstić information content (AvgIpc) is 2.33. The van der Waals surface area contributed by atoms with Crippen molar-refractivity contribution in [3.05, 3.63) is 0 Å². The SMILES string of the molecule is CCC(C)N(CC)CCCC(C)(CO)NC(C)C. The smallest absolute Gasteiger partial charge is 0.0610 e. The Hall–Kier alpha value is -0.120. The van der Waals surface area contributed by atoms with Gasteiger partial charge in [-0.3, -0.25) is 0 Å². The second-order valence-electron chi connectivity index (χ2n) is 6.01. The van der Waals surface area contributed by atoms with E-state index in [9.17, 15) is 5.11 Å². The Bertz CT molecular complexity index is 209. The number of aliphatic hydroxyl groups excluding tert-OH is 1. The van der Waals surface area contributed by atoms with Crippen molar-refractivity contribution in [1.82, 2.24) is 10.2 Å². The maximum Gasteiger partial charge on any atom is 0.0610 e. The van der Waals surface area contributed by atoms with Crippen molar-refractivity contribution in [3.63, 3.8) is 0 Å².